The quantitative estimate of drug-likeness (QED) is 0.787. The molecular weight excluding hydrogens is 284 g/mol. The largest absolute Gasteiger partial charge is 0.393 e. The standard InChI is InChI=1S/C21H32O2/c1-12(22)21-11-14(21)10-19-18-5-3-13-9-15(23)4-6-16(13)17(18)7-8-20(19,21)2/h13-19,23H,3-11H2,1-2H3/t13-,14?,15+,16-,17+,18+,19-,20-,21-/m0/s1. The average molecular weight is 316 g/mol. The SMILES string of the molecule is CC(=O)[C@@]12CC1C[C@H]1[C@@H]3CC[C@H]4C[C@H](O)CC[C@@H]4[C@H]3CC[C@@]12C. The first-order valence-corrected chi connectivity index (χ1v) is 10.2. The van der Waals surface area contributed by atoms with E-state index in [1.54, 1.807) is 0 Å². The summed E-state index contributed by atoms with van der Waals surface area (Å²) in [6.07, 6.45) is 11.2. The molecule has 0 saturated heterocycles. The van der Waals surface area contributed by atoms with Gasteiger partial charge in [-0.3, -0.25) is 4.79 Å². The van der Waals surface area contributed by atoms with E-state index in [9.17, 15) is 9.90 Å². The van der Waals surface area contributed by atoms with Crippen molar-refractivity contribution in [3.63, 3.8) is 0 Å². The maximum absolute atomic E-state index is 12.5. The van der Waals surface area contributed by atoms with E-state index in [4.69, 9.17) is 0 Å². The van der Waals surface area contributed by atoms with Crippen molar-refractivity contribution in [3.8, 4) is 0 Å². The minimum Gasteiger partial charge on any atom is -0.393 e. The lowest BCUT2D eigenvalue weighted by Gasteiger charge is -2.57. The molecule has 0 aromatic rings. The minimum atomic E-state index is -0.0261. The van der Waals surface area contributed by atoms with Crippen LogP contribution in [0.15, 0.2) is 0 Å². The first-order valence-electron chi connectivity index (χ1n) is 10.2. The fourth-order valence-corrected chi connectivity index (χ4v) is 8.59. The van der Waals surface area contributed by atoms with Crippen LogP contribution >= 0.6 is 0 Å². The molecule has 0 heterocycles. The van der Waals surface area contributed by atoms with E-state index < -0.39 is 0 Å². The first-order chi connectivity index (χ1) is 11.0. The molecule has 0 aliphatic heterocycles. The molecule has 0 spiro atoms. The second-order valence-corrected chi connectivity index (χ2v) is 10.0. The van der Waals surface area contributed by atoms with Crippen LogP contribution in [0.25, 0.3) is 0 Å². The number of carbonyl (C=O) groups excluding carboxylic acids is 1. The number of carbonyl (C=O) groups is 1. The highest BCUT2D eigenvalue weighted by Gasteiger charge is 2.76. The third kappa shape index (κ3) is 1.72. The van der Waals surface area contributed by atoms with Gasteiger partial charge in [-0.15, -0.1) is 0 Å². The number of aliphatic hydroxyl groups excluding tert-OH is 1. The molecule has 0 aromatic carbocycles. The fourth-order valence-electron chi connectivity index (χ4n) is 8.59. The Morgan fingerprint density at radius 2 is 1.78 bits per heavy atom. The molecule has 23 heavy (non-hydrogen) atoms. The maximum atomic E-state index is 12.5. The Kier molecular flexibility index (Phi) is 3.00. The molecule has 0 radical (unpaired) electrons. The van der Waals surface area contributed by atoms with Gasteiger partial charge in [-0.1, -0.05) is 6.92 Å². The van der Waals surface area contributed by atoms with Crippen molar-refractivity contribution in [1.29, 1.82) is 0 Å². The molecule has 5 saturated carbocycles. The highest BCUT2D eigenvalue weighted by atomic mass is 16.3. The molecule has 5 fully saturated rings. The Morgan fingerprint density at radius 3 is 2.57 bits per heavy atom. The van der Waals surface area contributed by atoms with Crippen LogP contribution in [-0.2, 0) is 4.79 Å². The summed E-state index contributed by atoms with van der Waals surface area (Å²) in [6.45, 7) is 4.36. The van der Waals surface area contributed by atoms with Crippen LogP contribution in [0.3, 0.4) is 0 Å². The van der Waals surface area contributed by atoms with Crippen molar-refractivity contribution in [2.45, 2.75) is 77.7 Å². The number of Topliss-reactive ketones (excluding diaryl/α,β-unsaturated/α-hetero) is 1. The molecule has 5 aliphatic rings. The van der Waals surface area contributed by atoms with Gasteiger partial charge in [-0.05, 0) is 106 Å². The maximum Gasteiger partial charge on any atom is 0.136 e. The zero-order valence-corrected chi connectivity index (χ0v) is 14.8. The predicted molar refractivity (Wildman–Crippen MR) is 89.7 cm³/mol. The molecular formula is C21H32O2. The van der Waals surface area contributed by atoms with Crippen molar-refractivity contribution >= 4 is 5.78 Å². The van der Waals surface area contributed by atoms with Crippen molar-refractivity contribution in [2.24, 2.45) is 46.3 Å². The van der Waals surface area contributed by atoms with Crippen molar-refractivity contribution in [2.75, 3.05) is 0 Å². The van der Waals surface area contributed by atoms with E-state index in [0.717, 1.165) is 48.3 Å². The van der Waals surface area contributed by atoms with Crippen LogP contribution in [0.2, 0.25) is 0 Å². The molecule has 1 N–H and O–H groups in total. The molecule has 128 valence electrons. The lowest BCUT2D eigenvalue weighted by Crippen LogP contribution is -2.51. The van der Waals surface area contributed by atoms with Crippen molar-refractivity contribution in [1.82, 2.24) is 0 Å². The van der Waals surface area contributed by atoms with E-state index in [2.05, 4.69) is 6.92 Å². The number of rotatable bonds is 1. The third-order valence-corrected chi connectivity index (χ3v) is 9.61. The summed E-state index contributed by atoms with van der Waals surface area (Å²) in [7, 11) is 0. The van der Waals surface area contributed by atoms with E-state index in [-0.39, 0.29) is 11.5 Å². The molecule has 5 rings (SSSR count). The number of hydrogen-bond acceptors (Lipinski definition) is 2. The topological polar surface area (TPSA) is 37.3 Å². The van der Waals surface area contributed by atoms with E-state index in [1.165, 1.54) is 44.9 Å². The van der Waals surface area contributed by atoms with Crippen LogP contribution in [0.5, 0.6) is 0 Å². The molecule has 2 heteroatoms. The molecule has 0 bridgehead atoms. The number of aliphatic hydroxyl groups is 1. The zero-order chi connectivity index (χ0) is 16.0. The lowest BCUT2D eigenvalue weighted by molar-refractivity contribution is -0.134. The van der Waals surface area contributed by atoms with Crippen LogP contribution in [0.4, 0.5) is 0 Å². The first kappa shape index (κ1) is 14.9. The van der Waals surface area contributed by atoms with Gasteiger partial charge in [0.25, 0.3) is 0 Å². The Balaban J connectivity index is 1.43. The van der Waals surface area contributed by atoms with Gasteiger partial charge >= 0.3 is 0 Å². The number of hydrogen-bond donors (Lipinski definition) is 1. The van der Waals surface area contributed by atoms with Gasteiger partial charge in [0.2, 0.25) is 0 Å². The second-order valence-electron chi connectivity index (χ2n) is 10.0. The summed E-state index contributed by atoms with van der Waals surface area (Å²) in [5, 5.41) is 10.0. The lowest BCUT2D eigenvalue weighted by atomic mass is 9.48. The zero-order valence-electron chi connectivity index (χ0n) is 14.8. The van der Waals surface area contributed by atoms with E-state index in [1.807, 2.05) is 6.92 Å². The van der Waals surface area contributed by atoms with Crippen molar-refractivity contribution < 1.29 is 9.90 Å². The van der Waals surface area contributed by atoms with Crippen LogP contribution in [-0.4, -0.2) is 17.0 Å². The van der Waals surface area contributed by atoms with Gasteiger partial charge in [0.1, 0.15) is 5.78 Å². The summed E-state index contributed by atoms with van der Waals surface area (Å²) in [5.41, 5.74) is 0.397. The summed E-state index contributed by atoms with van der Waals surface area (Å²) in [6, 6.07) is 0. The average Bonchev–Trinajstić information content (AvgIpc) is 3.20. The number of ketones is 1. The highest BCUT2D eigenvalue weighted by Crippen LogP contribution is 2.79. The van der Waals surface area contributed by atoms with Crippen LogP contribution < -0.4 is 0 Å². The monoisotopic (exact) mass is 316 g/mol. The summed E-state index contributed by atoms with van der Waals surface area (Å²) in [5.74, 6) is 5.50. The van der Waals surface area contributed by atoms with Gasteiger partial charge in [0, 0.05) is 5.41 Å². The van der Waals surface area contributed by atoms with Crippen LogP contribution in [0.1, 0.15) is 71.6 Å². The number of fused-ring (bicyclic) bond motifs is 7. The third-order valence-electron chi connectivity index (χ3n) is 9.61. The summed E-state index contributed by atoms with van der Waals surface area (Å²) < 4.78 is 0. The molecule has 0 amide bonds. The second kappa shape index (κ2) is 4.62. The fraction of sp³-hybridized carbons (Fsp3) is 0.952. The Hall–Kier alpha value is -0.370. The Morgan fingerprint density at radius 1 is 1.00 bits per heavy atom. The molecule has 1 unspecified atom stereocenters. The predicted octanol–water partition coefficient (Wildman–Crippen LogP) is 4.21. The summed E-state index contributed by atoms with van der Waals surface area (Å²) in [4.78, 5) is 12.5. The van der Waals surface area contributed by atoms with Gasteiger partial charge in [0.15, 0.2) is 0 Å². The van der Waals surface area contributed by atoms with Gasteiger partial charge in [-0.2, -0.15) is 0 Å². The smallest absolute Gasteiger partial charge is 0.136 e. The Labute approximate surface area is 140 Å². The summed E-state index contributed by atoms with van der Waals surface area (Å²) >= 11 is 0. The molecule has 0 aromatic heterocycles. The molecule has 5 aliphatic carbocycles. The molecule has 2 nitrogen and oxygen atoms in total. The highest BCUT2D eigenvalue weighted by molar-refractivity contribution is 5.87. The van der Waals surface area contributed by atoms with Crippen molar-refractivity contribution in [3.05, 3.63) is 0 Å². The minimum absolute atomic E-state index is 0.0261. The van der Waals surface area contributed by atoms with E-state index >= 15 is 0 Å². The van der Waals surface area contributed by atoms with Gasteiger partial charge < -0.3 is 5.11 Å². The van der Waals surface area contributed by atoms with Gasteiger partial charge in [0.05, 0.1) is 6.10 Å². The van der Waals surface area contributed by atoms with Gasteiger partial charge in [-0.25, -0.2) is 0 Å². The van der Waals surface area contributed by atoms with Crippen LogP contribution in [0, 0.1) is 46.3 Å². The molecule has 9 atom stereocenters. The normalized spacial score (nSPS) is 60.2. The van der Waals surface area contributed by atoms with E-state index in [0.29, 0.717) is 11.2 Å². The Bertz CT molecular complexity index is 542.